The molecule has 0 aliphatic carbocycles. The first kappa shape index (κ1) is 9.86. The monoisotopic (exact) mass is 181 g/mol. The highest BCUT2D eigenvalue weighted by molar-refractivity contribution is 5.74. The van der Waals surface area contributed by atoms with E-state index in [4.69, 9.17) is 0 Å². The second kappa shape index (κ2) is 4.14. The van der Waals surface area contributed by atoms with Crippen molar-refractivity contribution in [1.82, 2.24) is 4.90 Å². The summed E-state index contributed by atoms with van der Waals surface area (Å²) in [5.41, 5.74) is 1.06. The maximum Gasteiger partial charge on any atom is 0.150 e. The average Bonchev–Trinajstić information content (AvgIpc) is 2.08. The molecule has 1 aromatic rings. The van der Waals surface area contributed by atoms with Crippen LogP contribution < -0.4 is 0 Å². The maximum atomic E-state index is 13.1. The zero-order chi connectivity index (χ0) is 9.84. The first-order valence-corrected chi connectivity index (χ1v) is 4.02. The van der Waals surface area contributed by atoms with Gasteiger partial charge in [0.1, 0.15) is 12.1 Å². The Morgan fingerprint density at radius 3 is 2.69 bits per heavy atom. The van der Waals surface area contributed by atoms with E-state index in [9.17, 15) is 9.18 Å². The molecule has 0 saturated carbocycles. The zero-order valence-electron chi connectivity index (χ0n) is 7.75. The Kier molecular flexibility index (Phi) is 3.14. The molecule has 0 radical (unpaired) electrons. The zero-order valence-corrected chi connectivity index (χ0v) is 7.75. The SMILES string of the molecule is CN(C)Cc1cc(C=O)ccc1F. The van der Waals surface area contributed by atoms with E-state index in [1.54, 1.807) is 6.07 Å². The Morgan fingerprint density at radius 1 is 1.46 bits per heavy atom. The van der Waals surface area contributed by atoms with Crippen LogP contribution in [0.15, 0.2) is 18.2 Å². The summed E-state index contributed by atoms with van der Waals surface area (Å²) in [5.74, 6) is -0.265. The summed E-state index contributed by atoms with van der Waals surface area (Å²) in [6.45, 7) is 0.507. The van der Waals surface area contributed by atoms with Gasteiger partial charge in [-0.3, -0.25) is 4.79 Å². The van der Waals surface area contributed by atoms with Gasteiger partial charge in [-0.2, -0.15) is 0 Å². The van der Waals surface area contributed by atoms with Gasteiger partial charge in [0, 0.05) is 17.7 Å². The van der Waals surface area contributed by atoms with Crippen LogP contribution in [-0.2, 0) is 6.54 Å². The lowest BCUT2D eigenvalue weighted by molar-refractivity contribution is 0.112. The van der Waals surface area contributed by atoms with Crippen LogP contribution in [0.3, 0.4) is 0 Å². The molecule has 13 heavy (non-hydrogen) atoms. The van der Waals surface area contributed by atoms with E-state index >= 15 is 0 Å². The van der Waals surface area contributed by atoms with Crippen LogP contribution in [0.1, 0.15) is 15.9 Å². The van der Waals surface area contributed by atoms with E-state index in [0.717, 1.165) is 6.29 Å². The Balaban J connectivity index is 2.96. The molecule has 0 atom stereocenters. The molecule has 0 N–H and O–H groups in total. The molecular formula is C10H12FNO. The van der Waals surface area contributed by atoms with E-state index in [2.05, 4.69) is 0 Å². The van der Waals surface area contributed by atoms with E-state index in [1.165, 1.54) is 12.1 Å². The van der Waals surface area contributed by atoms with Gasteiger partial charge in [-0.25, -0.2) is 4.39 Å². The molecule has 0 saturated heterocycles. The molecule has 0 aliphatic rings. The number of hydrogen-bond acceptors (Lipinski definition) is 2. The van der Waals surface area contributed by atoms with E-state index in [-0.39, 0.29) is 5.82 Å². The summed E-state index contributed by atoms with van der Waals surface area (Å²) in [6, 6.07) is 4.37. The van der Waals surface area contributed by atoms with Gasteiger partial charge in [0.25, 0.3) is 0 Å². The van der Waals surface area contributed by atoms with Crippen molar-refractivity contribution >= 4 is 6.29 Å². The Hall–Kier alpha value is -1.22. The van der Waals surface area contributed by atoms with Crippen LogP contribution in [0.4, 0.5) is 4.39 Å². The number of hydrogen-bond donors (Lipinski definition) is 0. The molecule has 0 fully saturated rings. The third-order valence-electron chi connectivity index (χ3n) is 1.69. The molecule has 0 amide bonds. The van der Waals surface area contributed by atoms with Crippen LogP contribution in [0.2, 0.25) is 0 Å². The van der Waals surface area contributed by atoms with E-state index in [0.29, 0.717) is 17.7 Å². The van der Waals surface area contributed by atoms with Crippen molar-refractivity contribution in [2.45, 2.75) is 6.54 Å². The maximum absolute atomic E-state index is 13.1. The second-order valence-electron chi connectivity index (χ2n) is 3.21. The summed E-state index contributed by atoms with van der Waals surface area (Å²) in [6.07, 6.45) is 0.721. The van der Waals surface area contributed by atoms with Crippen molar-refractivity contribution in [3.05, 3.63) is 35.1 Å². The molecule has 0 bridgehead atoms. The van der Waals surface area contributed by atoms with Gasteiger partial charge in [0.15, 0.2) is 0 Å². The highest BCUT2D eigenvalue weighted by Gasteiger charge is 2.03. The molecular weight excluding hydrogens is 169 g/mol. The molecule has 0 heterocycles. The smallest absolute Gasteiger partial charge is 0.150 e. The molecule has 0 aromatic heterocycles. The van der Waals surface area contributed by atoms with Crippen molar-refractivity contribution in [2.24, 2.45) is 0 Å². The van der Waals surface area contributed by atoms with Gasteiger partial charge in [-0.15, -0.1) is 0 Å². The molecule has 1 aromatic carbocycles. The van der Waals surface area contributed by atoms with Crippen LogP contribution in [0, 0.1) is 5.82 Å². The number of carbonyl (C=O) groups excluding carboxylic acids is 1. The largest absolute Gasteiger partial charge is 0.305 e. The quantitative estimate of drug-likeness (QED) is 0.661. The molecule has 3 heteroatoms. The first-order chi connectivity index (χ1) is 6.13. The summed E-state index contributed by atoms with van der Waals surface area (Å²) in [5, 5.41) is 0. The normalized spacial score (nSPS) is 10.5. The Morgan fingerprint density at radius 2 is 2.15 bits per heavy atom. The van der Waals surface area contributed by atoms with Crippen molar-refractivity contribution in [1.29, 1.82) is 0 Å². The molecule has 0 aliphatic heterocycles. The number of rotatable bonds is 3. The standard InChI is InChI=1S/C10H12FNO/c1-12(2)6-9-5-8(7-13)3-4-10(9)11/h3-5,7H,6H2,1-2H3. The Bertz CT molecular complexity index is 310. The number of benzene rings is 1. The van der Waals surface area contributed by atoms with Gasteiger partial charge < -0.3 is 4.90 Å². The van der Waals surface area contributed by atoms with Gasteiger partial charge in [0.2, 0.25) is 0 Å². The highest BCUT2D eigenvalue weighted by atomic mass is 19.1. The lowest BCUT2D eigenvalue weighted by Gasteiger charge is -2.10. The fourth-order valence-corrected chi connectivity index (χ4v) is 1.13. The average molecular weight is 181 g/mol. The number of aldehydes is 1. The third-order valence-corrected chi connectivity index (χ3v) is 1.69. The molecule has 70 valence electrons. The van der Waals surface area contributed by atoms with Crippen LogP contribution in [0.25, 0.3) is 0 Å². The van der Waals surface area contributed by atoms with Crippen LogP contribution >= 0.6 is 0 Å². The minimum absolute atomic E-state index is 0.265. The van der Waals surface area contributed by atoms with E-state index < -0.39 is 0 Å². The number of carbonyl (C=O) groups is 1. The van der Waals surface area contributed by atoms with Crippen molar-refractivity contribution in [3.63, 3.8) is 0 Å². The van der Waals surface area contributed by atoms with Crippen molar-refractivity contribution in [3.8, 4) is 0 Å². The predicted octanol–water partition coefficient (Wildman–Crippen LogP) is 1.70. The number of halogens is 1. The van der Waals surface area contributed by atoms with Crippen molar-refractivity contribution in [2.75, 3.05) is 14.1 Å². The fraction of sp³-hybridized carbons (Fsp3) is 0.300. The Labute approximate surface area is 77.0 Å². The topological polar surface area (TPSA) is 20.3 Å². The minimum Gasteiger partial charge on any atom is -0.305 e. The van der Waals surface area contributed by atoms with Gasteiger partial charge in [-0.05, 0) is 32.3 Å². The summed E-state index contributed by atoms with van der Waals surface area (Å²) in [7, 11) is 3.71. The fourth-order valence-electron chi connectivity index (χ4n) is 1.13. The molecule has 0 unspecified atom stereocenters. The lowest BCUT2D eigenvalue weighted by atomic mass is 10.1. The molecule has 1 rings (SSSR count). The van der Waals surface area contributed by atoms with Crippen LogP contribution in [-0.4, -0.2) is 25.3 Å². The van der Waals surface area contributed by atoms with Gasteiger partial charge in [-0.1, -0.05) is 0 Å². The second-order valence-corrected chi connectivity index (χ2v) is 3.21. The predicted molar refractivity (Wildman–Crippen MR) is 49.2 cm³/mol. The first-order valence-electron chi connectivity index (χ1n) is 4.02. The van der Waals surface area contributed by atoms with Crippen LogP contribution in [0.5, 0.6) is 0 Å². The minimum atomic E-state index is -0.265. The number of nitrogens with zero attached hydrogens (tertiary/aromatic N) is 1. The van der Waals surface area contributed by atoms with Crippen molar-refractivity contribution < 1.29 is 9.18 Å². The van der Waals surface area contributed by atoms with Gasteiger partial charge >= 0.3 is 0 Å². The van der Waals surface area contributed by atoms with E-state index in [1.807, 2.05) is 19.0 Å². The lowest BCUT2D eigenvalue weighted by Crippen LogP contribution is -2.12. The summed E-state index contributed by atoms with van der Waals surface area (Å²) >= 11 is 0. The highest BCUT2D eigenvalue weighted by Crippen LogP contribution is 2.10. The summed E-state index contributed by atoms with van der Waals surface area (Å²) < 4.78 is 13.1. The molecule has 2 nitrogen and oxygen atoms in total. The third kappa shape index (κ3) is 2.63. The van der Waals surface area contributed by atoms with Gasteiger partial charge in [0.05, 0.1) is 0 Å². The molecule has 0 spiro atoms. The summed E-state index contributed by atoms with van der Waals surface area (Å²) in [4.78, 5) is 12.3.